The van der Waals surface area contributed by atoms with Crippen LogP contribution in [0.15, 0.2) is 48.5 Å². The van der Waals surface area contributed by atoms with Gasteiger partial charge >= 0.3 is 104 Å². The molecule has 0 aliphatic carbocycles. The summed E-state index contributed by atoms with van der Waals surface area (Å²) in [6.07, 6.45) is 0. The fourth-order valence-electron chi connectivity index (χ4n) is 1.78. The van der Waals surface area contributed by atoms with Crippen molar-refractivity contribution >= 4 is 22.5 Å². The molecule has 0 aliphatic rings. The third kappa shape index (κ3) is 2.54. The average molecular weight is 290 g/mol. The van der Waals surface area contributed by atoms with Crippen LogP contribution in [0.3, 0.4) is 0 Å². The number of rotatable bonds is 2. The van der Waals surface area contributed by atoms with Gasteiger partial charge in [0.15, 0.2) is 0 Å². The molecule has 0 aromatic heterocycles. The molecule has 0 heterocycles. The summed E-state index contributed by atoms with van der Waals surface area (Å²) in [5.41, 5.74) is 2.01. The normalized spacial score (nSPS) is 11.5. The van der Waals surface area contributed by atoms with Gasteiger partial charge in [-0.2, -0.15) is 0 Å². The predicted molar refractivity (Wildman–Crippen MR) is 70.3 cm³/mol. The van der Waals surface area contributed by atoms with Crippen LogP contribution in [0.4, 0.5) is 0 Å². The van der Waals surface area contributed by atoms with E-state index in [-0.39, 0.29) is 0 Å². The summed E-state index contributed by atoms with van der Waals surface area (Å²) in [7, 11) is 0. The summed E-state index contributed by atoms with van der Waals surface area (Å²) in [6, 6.07) is 14.6. The van der Waals surface area contributed by atoms with Crippen LogP contribution >= 0.6 is 0 Å². The van der Waals surface area contributed by atoms with Crippen LogP contribution in [0, 0.1) is 13.8 Å². The zero-order valence-electron chi connectivity index (χ0n) is 9.92. The van der Waals surface area contributed by atoms with Crippen molar-refractivity contribution in [3.05, 3.63) is 59.7 Å². The van der Waals surface area contributed by atoms with Crippen molar-refractivity contribution in [2.75, 3.05) is 0 Å². The Bertz CT molecular complexity index is 541. The Morgan fingerprint density at radius 3 is 1.65 bits per heavy atom. The van der Waals surface area contributed by atoms with Gasteiger partial charge in [0.1, 0.15) is 0 Å². The van der Waals surface area contributed by atoms with E-state index in [2.05, 4.69) is 0 Å². The molecule has 2 nitrogen and oxygen atoms in total. The van der Waals surface area contributed by atoms with Crippen molar-refractivity contribution in [2.24, 2.45) is 0 Å². The maximum absolute atomic E-state index is 12.5. The molecule has 88 valence electrons. The molecule has 3 heteroatoms. The van der Waals surface area contributed by atoms with E-state index in [1.165, 1.54) is 0 Å². The molecule has 0 atom stereocenters. The molecule has 0 unspecified atom stereocenters. The predicted octanol–water partition coefficient (Wildman–Crippen LogP) is 1.28. The van der Waals surface area contributed by atoms with Gasteiger partial charge in [0.2, 0.25) is 0 Å². The van der Waals surface area contributed by atoms with Gasteiger partial charge in [0.05, 0.1) is 0 Å². The van der Waals surface area contributed by atoms with Gasteiger partial charge in [-0.1, -0.05) is 0 Å². The summed E-state index contributed by atoms with van der Waals surface area (Å²) in [5.74, 6) is 0. The Kier molecular flexibility index (Phi) is 3.28. The number of benzene rings is 2. The van der Waals surface area contributed by atoms with E-state index in [0.29, 0.717) is 8.70 Å². The van der Waals surface area contributed by atoms with Gasteiger partial charge in [-0.15, -0.1) is 0 Å². The zero-order valence-corrected chi connectivity index (χ0v) is 11.8. The molecule has 1 N–H and O–H groups in total. The Labute approximate surface area is 104 Å². The summed E-state index contributed by atoms with van der Waals surface area (Å²) >= 11 is -4.14. The molecule has 2 rings (SSSR count). The molecular weight excluding hydrogens is 275 g/mol. The summed E-state index contributed by atoms with van der Waals surface area (Å²) in [4.78, 5) is 0. The van der Waals surface area contributed by atoms with E-state index in [4.69, 9.17) is 0 Å². The average Bonchev–Trinajstić information content (AvgIpc) is 2.29. The fourth-order valence-corrected chi connectivity index (χ4v) is 5.21. The van der Waals surface area contributed by atoms with Crippen molar-refractivity contribution in [3.63, 3.8) is 0 Å². The van der Waals surface area contributed by atoms with Gasteiger partial charge < -0.3 is 0 Å². The standard InChI is InChI=1S/C14H15AsO2/c1-11-5-3-7-13(9-11)15(16,17)14-8-4-6-12(2)10-14/h3-10H,1-2H3,(H,16,17). The van der Waals surface area contributed by atoms with Crippen LogP contribution in [-0.4, -0.2) is 17.9 Å². The molecule has 0 fully saturated rings. The second kappa shape index (κ2) is 4.56. The van der Waals surface area contributed by atoms with Crippen LogP contribution in [-0.2, 0) is 3.74 Å². The van der Waals surface area contributed by atoms with Crippen molar-refractivity contribution in [1.29, 1.82) is 0 Å². The molecule has 0 amide bonds. The van der Waals surface area contributed by atoms with E-state index in [0.717, 1.165) is 11.1 Å². The third-order valence-corrected chi connectivity index (χ3v) is 6.81. The minimum absolute atomic E-state index is 0.550. The first kappa shape index (κ1) is 12.2. The van der Waals surface area contributed by atoms with Gasteiger partial charge in [-0.3, -0.25) is 0 Å². The Morgan fingerprint density at radius 2 is 1.29 bits per heavy atom. The summed E-state index contributed by atoms with van der Waals surface area (Å²) in [5, 5.41) is 0. The number of hydrogen-bond donors (Lipinski definition) is 1. The molecule has 0 radical (unpaired) electrons. The van der Waals surface area contributed by atoms with Gasteiger partial charge in [-0.05, 0) is 0 Å². The van der Waals surface area contributed by atoms with E-state index >= 15 is 0 Å². The second-order valence-corrected chi connectivity index (χ2v) is 8.84. The van der Waals surface area contributed by atoms with Crippen molar-refractivity contribution in [3.8, 4) is 0 Å². The molecule has 0 bridgehead atoms. The minimum atomic E-state index is -4.14. The molecule has 17 heavy (non-hydrogen) atoms. The monoisotopic (exact) mass is 290 g/mol. The van der Waals surface area contributed by atoms with Gasteiger partial charge in [-0.25, -0.2) is 0 Å². The van der Waals surface area contributed by atoms with Crippen molar-refractivity contribution in [2.45, 2.75) is 13.8 Å². The third-order valence-electron chi connectivity index (χ3n) is 2.70. The SMILES string of the molecule is Cc1cccc([As](=O)(O)c2cccc(C)c2)c1. The van der Waals surface area contributed by atoms with Crippen LogP contribution in [0.2, 0.25) is 0 Å². The quantitative estimate of drug-likeness (QED) is 0.846. The molecule has 0 saturated heterocycles. The van der Waals surface area contributed by atoms with Gasteiger partial charge in [0.25, 0.3) is 0 Å². The Hall–Kier alpha value is -1.24. The molecule has 0 saturated carbocycles. The molecule has 2 aromatic carbocycles. The first-order valence-corrected chi connectivity index (χ1v) is 8.95. The van der Waals surface area contributed by atoms with E-state index in [1.807, 2.05) is 38.1 Å². The Morgan fingerprint density at radius 1 is 0.882 bits per heavy atom. The first-order valence-electron chi connectivity index (χ1n) is 5.47. The Balaban J connectivity index is 2.53. The fraction of sp³-hybridized carbons (Fsp3) is 0.143. The molecular formula is C14H15AsO2. The van der Waals surface area contributed by atoms with Crippen LogP contribution in [0.25, 0.3) is 0 Å². The van der Waals surface area contributed by atoms with Crippen LogP contribution in [0.5, 0.6) is 0 Å². The molecule has 0 aliphatic heterocycles. The van der Waals surface area contributed by atoms with E-state index in [1.54, 1.807) is 24.3 Å². The van der Waals surface area contributed by atoms with E-state index < -0.39 is 13.8 Å². The van der Waals surface area contributed by atoms with Crippen molar-refractivity contribution in [1.82, 2.24) is 0 Å². The maximum atomic E-state index is 12.5. The summed E-state index contributed by atoms with van der Waals surface area (Å²) < 4.78 is 24.0. The van der Waals surface area contributed by atoms with Crippen LogP contribution in [0.1, 0.15) is 11.1 Å². The molecule has 0 spiro atoms. The topological polar surface area (TPSA) is 37.3 Å². The second-order valence-electron chi connectivity index (χ2n) is 4.25. The van der Waals surface area contributed by atoms with Crippen molar-refractivity contribution < 1.29 is 7.84 Å². The first-order chi connectivity index (χ1) is 8.00. The van der Waals surface area contributed by atoms with E-state index in [9.17, 15) is 7.84 Å². The zero-order chi connectivity index (χ0) is 12.5. The summed E-state index contributed by atoms with van der Waals surface area (Å²) in [6.45, 7) is 3.85. The van der Waals surface area contributed by atoms with Crippen LogP contribution < -0.4 is 8.70 Å². The molecule has 2 aromatic rings. The number of hydrogen-bond acceptors (Lipinski definition) is 1. The number of aryl methyl sites for hydroxylation is 2. The van der Waals surface area contributed by atoms with Gasteiger partial charge in [0, 0.05) is 0 Å².